The van der Waals surface area contributed by atoms with E-state index in [1.165, 1.54) is 6.92 Å². The van der Waals surface area contributed by atoms with E-state index in [4.69, 9.17) is 21.1 Å². The van der Waals surface area contributed by atoms with Gasteiger partial charge in [0.05, 0.1) is 7.11 Å². The maximum atomic E-state index is 13.6. The number of anilines is 1. The van der Waals surface area contributed by atoms with Crippen molar-refractivity contribution in [3.8, 4) is 5.75 Å². The molecule has 0 aromatic heterocycles. The molecule has 0 bridgehead atoms. The average molecular weight is 431 g/mol. The van der Waals surface area contributed by atoms with Crippen LogP contribution in [0, 0.1) is 0 Å². The smallest absolute Gasteiger partial charge is 0.303 e. The van der Waals surface area contributed by atoms with Crippen molar-refractivity contribution < 1.29 is 19.1 Å². The first-order valence-electron chi connectivity index (χ1n) is 9.86. The van der Waals surface area contributed by atoms with Gasteiger partial charge in [-0.2, -0.15) is 0 Å². The van der Waals surface area contributed by atoms with Crippen molar-refractivity contribution in [3.05, 3.63) is 58.6 Å². The third-order valence-corrected chi connectivity index (χ3v) is 5.50. The highest BCUT2D eigenvalue weighted by Crippen LogP contribution is 2.38. The van der Waals surface area contributed by atoms with Gasteiger partial charge in [0.2, 0.25) is 0 Å². The zero-order chi connectivity index (χ0) is 21.8. The lowest BCUT2D eigenvalue weighted by Crippen LogP contribution is -2.45. The predicted octanol–water partition coefficient (Wildman–Crippen LogP) is 3.51. The molecule has 1 aliphatic heterocycles. The number of carbonyl (C=O) groups is 2. The third-order valence-electron chi connectivity index (χ3n) is 5.26. The van der Waals surface area contributed by atoms with Crippen LogP contribution < -0.4 is 9.64 Å². The van der Waals surface area contributed by atoms with Crippen LogP contribution in [0.25, 0.3) is 0 Å². The zero-order valence-corrected chi connectivity index (χ0v) is 18.5. The molecule has 0 unspecified atom stereocenters. The number of nitrogens with zero attached hydrogens (tertiary/aromatic N) is 2. The van der Waals surface area contributed by atoms with Crippen LogP contribution in [0.4, 0.5) is 5.69 Å². The number of amides is 1. The number of hydrogen-bond donors (Lipinski definition) is 0. The van der Waals surface area contributed by atoms with Gasteiger partial charge in [0.25, 0.3) is 5.91 Å². The molecule has 0 fully saturated rings. The van der Waals surface area contributed by atoms with Gasteiger partial charge in [0, 0.05) is 36.6 Å². The maximum Gasteiger partial charge on any atom is 0.303 e. The standard InChI is InChI=1S/C23H27ClN2O4/c1-15(27)30-22-20(16-6-9-19(29-4)10-7-16)13-17-5-8-18(24)14-21(17)26(23(22)28)12-11-25(2)3/h5-10,14,20,22H,11-13H2,1-4H3/t20-,22+/m1/s1. The normalized spacial score (nSPS) is 18.7. The van der Waals surface area contributed by atoms with Gasteiger partial charge in [0.1, 0.15) is 5.75 Å². The second-order valence-corrected chi connectivity index (χ2v) is 8.12. The number of fused-ring (bicyclic) bond motifs is 1. The van der Waals surface area contributed by atoms with Gasteiger partial charge in [0.15, 0.2) is 6.10 Å². The van der Waals surface area contributed by atoms with Gasteiger partial charge in [-0.05, 0) is 55.9 Å². The molecule has 0 saturated heterocycles. The van der Waals surface area contributed by atoms with Gasteiger partial charge in [-0.3, -0.25) is 9.59 Å². The first kappa shape index (κ1) is 22.1. The number of likely N-dealkylation sites (N-methyl/N-ethyl adjacent to an activating group) is 1. The molecule has 30 heavy (non-hydrogen) atoms. The Hall–Kier alpha value is -2.57. The van der Waals surface area contributed by atoms with Crippen LogP contribution in [0.1, 0.15) is 24.0 Å². The maximum absolute atomic E-state index is 13.6. The van der Waals surface area contributed by atoms with Crippen LogP contribution in [-0.2, 0) is 20.7 Å². The average Bonchev–Trinajstić information content (AvgIpc) is 2.81. The molecule has 1 amide bonds. The molecule has 3 rings (SSSR count). The molecule has 1 heterocycles. The Morgan fingerprint density at radius 2 is 1.90 bits per heavy atom. The Bertz CT molecular complexity index is 914. The zero-order valence-electron chi connectivity index (χ0n) is 17.7. The number of esters is 1. The lowest BCUT2D eigenvalue weighted by molar-refractivity contribution is -0.154. The van der Waals surface area contributed by atoms with E-state index in [2.05, 4.69) is 0 Å². The summed E-state index contributed by atoms with van der Waals surface area (Å²) in [5, 5.41) is 0.559. The largest absolute Gasteiger partial charge is 0.497 e. The Balaban J connectivity index is 2.09. The molecule has 1 aliphatic rings. The van der Waals surface area contributed by atoms with E-state index < -0.39 is 12.1 Å². The van der Waals surface area contributed by atoms with Crippen molar-refractivity contribution in [1.82, 2.24) is 4.90 Å². The summed E-state index contributed by atoms with van der Waals surface area (Å²) < 4.78 is 10.9. The fraction of sp³-hybridized carbons (Fsp3) is 0.391. The Morgan fingerprint density at radius 3 is 2.50 bits per heavy atom. The first-order valence-corrected chi connectivity index (χ1v) is 10.2. The molecule has 0 aliphatic carbocycles. The summed E-state index contributed by atoms with van der Waals surface area (Å²) in [6.07, 6.45) is -0.384. The van der Waals surface area contributed by atoms with E-state index in [1.54, 1.807) is 12.0 Å². The molecule has 0 radical (unpaired) electrons. The molecule has 0 spiro atoms. The molecular weight excluding hydrogens is 404 g/mol. The molecule has 0 saturated carbocycles. The van der Waals surface area contributed by atoms with Crippen molar-refractivity contribution in [1.29, 1.82) is 0 Å². The Labute approximate surface area is 182 Å². The lowest BCUT2D eigenvalue weighted by Gasteiger charge is -2.29. The van der Waals surface area contributed by atoms with E-state index in [9.17, 15) is 9.59 Å². The van der Waals surface area contributed by atoms with Gasteiger partial charge in [-0.1, -0.05) is 29.8 Å². The number of methoxy groups -OCH3 is 1. The van der Waals surface area contributed by atoms with E-state index in [-0.39, 0.29) is 11.8 Å². The summed E-state index contributed by atoms with van der Waals surface area (Å²) in [7, 11) is 5.50. The van der Waals surface area contributed by atoms with E-state index in [0.717, 1.165) is 22.6 Å². The minimum atomic E-state index is -0.927. The fourth-order valence-corrected chi connectivity index (χ4v) is 3.90. The topological polar surface area (TPSA) is 59.1 Å². The summed E-state index contributed by atoms with van der Waals surface area (Å²) >= 11 is 6.27. The number of rotatable bonds is 6. The van der Waals surface area contributed by atoms with Crippen molar-refractivity contribution in [2.24, 2.45) is 0 Å². The number of hydrogen-bond acceptors (Lipinski definition) is 5. The summed E-state index contributed by atoms with van der Waals surface area (Å²) in [5.74, 6) is -0.323. The van der Waals surface area contributed by atoms with Crippen LogP contribution >= 0.6 is 11.6 Å². The van der Waals surface area contributed by atoms with Gasteiger partial charge >= 0.3 is 5.97 Å². The van der Waals surface area contributed by atoms with E-state index in [0.29, 0.717) is 24.5 Å². The summed E-state index contributed by atoms with van der Waals surface area (Å²) in [5.41, 5.74) is 2.66. The van der Waals surface area contributed by atoms with Crippen LogP contribution in [0.3, 0.4) is 0 Å². The lowest BCUT2D eigenvalue weighted by atomic mass is 9.87. The highest BCUT2D eigenvalue weighted by atomic mass is 35.5. The van der Waals surface area contributed by atoms with E-state index in [1.807, 2.05) is 61.5 Å². The second kappa shape index (κ2) is 9.49. The van der Waals surface area contributed by atoms with Crippen molar-refractivity contribution in [2.45, 2.75) is 25.4 Å². The van der Waals surface area contributed by atoms with Crippen LogP contribution in [0.2, 0.25) is 5.02 Å². The van der Waals surface area contributed by atoms with Crippen molar-refractivity contribution in [2.75, 3.05) is 39.2 Å². The summed E-state index contributed by atoms with van der Waals surface area (Å²) in [6.45, 7) is 2.46. The van der Waals surface area contributed by atoms with Gasteiger partial charge < -0.3 is 19.3 Å². The second-order valence-electron chi connectivity index (χ2n) is 7.68. The summed E-state index contributed by atoms with van der Waals surface area (Å²) in [6, 6.07) is 13.1. The molecule has 2 aromatic carbocycles. The predicted molar refractivity (Wildman–Crippen MR) is 117 cm³/mol. The SMILES string of the molecule is COc1ccc([C@H]2Cc3ccc(Cl)cc3N(CCN(C)C)C(=O)[C@H]2OC(C)=O)cc1. The number of halogens is 1. The first-order chi connectivity index (χ1) is 14.3. The fourth-order valence-electron chi connectivity index (χ4n) is 3.73. The minimum absolute atomic E-state index is 0.242. The van der Waals surface area contributed by atoms with Crippen LogP contribution in [0.5, 0.6) is 5.75 Å². The molecule has 2 aromatic rings. The highest BCUT2D eigenvalue weighted by Gasteiger charge is 2.40. The molecule has 6 nitrogen and oxygen atoms in total. The van der Waals surface area contributed by atoms with E-state index >= 15 is 0 Å². The van der Waals surface area contributed by atoms with Gasteiger partial charge in [-0.15, -0.1) is 0 Å². The number of ether oxygens (including phenoxy) is 2. The molecule has 2 atom stereocenters. The van der Waals surface area contributed by atoms with Crippen molar-refractivity contribution >= 4 is 29.2 Å². The highest BCUT2D eigenvalue weighted by molar-refractivity contribution is 6.31. The number of carbonyl (C=O) groups excluding carboxylic acids is 2. The van der Waals surface area contributed by atoms with Crippen molar-refractivity contribution in [3.63, 3.8) is 0 Å². The molecule has 160 valence electrons. The summed E-state index contributed by atoms with van der Waals surface area (Å²) in [4.78, 5) is 29.2. The number of benzene rings is 2. The quantitative estimate of drug-likeness (QED) is 0.656. The monoisotopic (exact) mass is 430 g/mol. The Kier molecular flexibility index (Phi) is 7.00. The molecule has 0 N–H and O–H groups in total. The Morgan fingerprint density at radius 1 is 1.20 bits per heavy atom. The molecule has 7 heteroatoms. The van der Waals surface area contributed by atoms with Gasteiger partial charge in [-0.25, -0.2) is 0 Å². The van der Waals surface area contributed by atoms with Crippen LogP contribution in [-0.4, -0.2) is 57.2 Å². The van der Waals surface area contributed by atoms with Crippen LogP contribution in [0.15, 0.2) is 42.5 Å². The third kappa shape index (κ3) is 4.94. The minimum Gasteiger partial charge on any atom is -0.497 e. The molecular formula is C23H27ClN2O4.